The van der Waals surface area contributed by atoms with Gasteiger partial charge in [-0.15, -0.1) is 0 Å². The van der Waals surface area contributed by atoms with Gasteiger partial charge in [0.1, 0.15) is 0 Å². The molecule has 0 heterocycles. The van der Waals surface area contributed by atoms with E-state index in [1.807, 2.05) is 39.0 Å². The van der Waals surface area contributed by atoms with E-state index in [1.54, 1.807) is 0 Å². The molecule has 0 saturated carbocycles. The third-order valence-corrected chi connectivity index (χ3v) is 3.17. The van der Waals surface area contributed by atoms with E-state index in [1.165, 1.54) is 16.3 Å². The standard InChI is InChI=1S/C16H19NO/c1-11(2)16(18)17-12(3)14-10-6-8-13-7-4-5-9-15(13)14/h4-12H,1-3H3,(H,17,18). The number of hydrogen-bond donors (Lipinski definition) is 1. The molecule has 0 aromatic heterocycles. The van der Waals surface area contributed by atoms with Crippen LogP contribution in [0.3, 0.4) is 0 Å². The van der Waals surface area contributed by atoms with Crippen LogP contribution < -0.4 is 5.32 Å². The van der Waals surface area contributed by atoms with Crippen molar-refractivity contribution in [3.63, 3.8) is 0 Å². The van der Waals surface area contributed by atoms with Crippen LogP contribution >= 0.6 is 0 Å². The summed E-state index contributed by atoms with van der Waals surface area (Å²) in [5.41, 5.74) is 1.17. The first-order valence-electron chi connectivity index (χ1n) is 6.37. The molecule has 2 nitrogen and oxygen atoms in total. The smallest absolute Gasteiger partial charge is 0.223 e. The molecular weight excluding hydrogens is 222 g/mol. The van der Waals surface area contributed by atoms with Gasteiger partial charge in [-0.25, -0.2) is 0 Å². The van der Waals surface area contributed by atoms with Gasteiger partial charge >= 0.3 is 0 Å². The lowest BCUT2D eigenvalue weighted by Crippen LogP contribution is -2.30. The normalized spacial score (nSPS) is 12.7. The fourth-order valence-electron chi connectivity index (χ4n) is 2.09. The average molecular weight is 241 g/mol. The van der Waals surface area contributed by atoms with Gasteiger partial charge < -0.3 is 5.32 Å². The Balaban J connectivity index is 2.33. The molecule has 0 fully saturated rings. The molecule has 18 heavy (non-hydrogen) atoms. The van der Waals surface area contributed by atoms with Gasteiger partial charge in [-0.05, 0) is 23.3 Å². The van der Waals surface area contributed by atoms with Gasteiger partial charge in [0.15, 0.2) is 0 Å². The minimum Gasteiger partial charge on any atom is -0.349 e. The highest BCUT2D eigenvalue weighted by Crippen LogP contribution is 2.24. The molecule has 1 amide bonds. The van der Waals surface area contributed by atoms with Gasteiger partial charge in [-0.2, -0.15) is 0 Å². The van der Waals surface area contributed by atoms with Crippen molar-refractivity contribution in [1.82, 2.24) is 5.32 Å². The first-order chi connectivity index (χ1) is 8.59. The average Bonchev–Trinajstić information content (AvgIpc) is 2.37. The molecule has 2 aromatic carbocycles. The van der Waals surface area contributed by atoms with Crippen molar-refractivity contribution >= 4 is 16.7 Å². The van der Waals surface area contributed by atoms with Crippen molar-refractivity contribution < 1.29 is 4.79 Å². The highest BCUT2D eigenvalue weighted by Gasteiger charge is 2.13. The lowest BCUT2D eigenvalue weighted by Gasteiger charge is -2.18. The second-order valence-corrected chi connectivity index (χ2v) is 4.95. The van der Waals surface area contributed by atoms with Crippen molar-refractivity contribution in [2.45, 2.75) is 26.8 Å². The minimum atomic E-state index is 0.0161. The summed E-state index contributed by atoms with van der Waals surface area (Å²) in [5, 5.41) is 5.46. The van der Waals surface area contributed by atoms with Crippen molar-refractivity contribution in [3.8, 4) is 0 Å². The number of nitrogens with one attached hydrogen (secondary N) is 1. The van der Waals surface area contributed by atoms with Crippen LogP contribution in [0.15, 0.2) is 42.5 Å². The SMILES string of the molecule is CC(C)C(=O)NC(C)c1cccc2ccccc12. The molecule has 0 aliphatic carbocycles. The Labute approximate surface area is 108 Å². The van der Waals surface area contributed by atoms with Gasteiger partial charge in [0.25, 0.3) is 0 Å². The molecule has 1 atom stereocenters. The van der Waals surface area contributed by atoms with Crippen LogP contribution in [0.25, 0.3) is 10.8 Å². The third-order valence-electron chi connectivity index (χ3n) is 3.17. The minimum absolute atomic E-state index is 0.0161. The first-order valence-corrected chi connectivity index (χ1v) is 6.37. The van der Waals surface area contributed by atoms with Gasteiger partial charge in [0, 0.05) is 5.92 Å². The summed E-state index contributed by atoms with van der Waals surface area (Å²) in [6, 6.07) is 14.5. The molecule has 2 heteroatoms. The predicted octanol–water partition coefficient (Wildman–Crippen LogP) is 3.67. The van der Waals surface area contributed by atoms with Crippen LogP contribution in [0.1, 0.15) is 32.4 Å². The summed E-state index contributed by atoms with van der Waals surface area (Å²) in [6.45, 7) is 5.85. The lowest BCUT2D eigenvalue weighted by atomic mass is 9.99. The number of carbonyl (C=O) groups excluding carboxylic acids is 1. The monoisotopic (exact) mass is 241 g/mol. The van der Waals surface area contributed by atoms with Gasteiger partial charge in [-0.1, -0.05) is 56.3 Å². The van der Waals surface area contributed by atoms with Crippen LogP contribution in [0.5, 0.6) is 0 Å². The Kier molecular flexibility index (Phi) is 3.66. The summed E-state index contributed by atoms with van der Waals surface area (Å²) in [5.74, 6) is 0.109. The van der Waals surface area contributed by atoms with E-state index < -0.39 is 0 Å². The van der Waals surface area contributed by atoms with Crippen molar-refractivity contribution in [2.75, 3.05) is 0 Å². The zero-order valence-electron chi connectivity index (χ0n) is 11.1. The van der Waals surface area contributed by atoms with Gasteiger partial charge in [0.05, 0.1) is 6.04 Å². The van der Waals surface area contributed by atoms with Gasteiger partial charge in [0.2, 0.25) is 5.91 Å². The number of carbonyl (C=O) groups is 1. The summed E-state index contributed by atoms with van der Waals surface area (Å²) < 4.78 is 0. The molecule has 0 saturated heterocycles. The molecule has 94 valence electrons. The Morgan fingerprint density at radius 3 is 2.39 bits per heavy atom. The molecule has 1 unspecified atom stereocenters. The fraction of sp³-hybridized carbons (Fsp3) is 0.312. The quantitative estimate of drug-likeness (QED) is 0.872. The Morgan fingerprint density at radius 1 is 1.00 bits per heavy atom. The number of fused-ring (bicyclic) bond motifs is 1. The zero-order chi connectivity index (χ0) is 13.1. The van der Waals surface area contributed by atoms with Crippen LogP contribution in [-0.2, 0) is 4.79 Å². The molecule has 2 aromatic rings. The maximum absolute atomic E-state index is 11.8. The summed E-state index contributed by atoms with van der Waals surface area (Å²) in [7, 11) is 0. The van der Waals surface area contributed by atoms with Gasteiger partial charge in [-0.3, -0.25) is 4.79 Å². The molecule has 0 bridgehead atoms. The van der Waals surface area contributed by atoms with Crippen molar-refractivity contribution in [2.24, 2.45) is 5.92 Å². The molecule has 0 aliphatic rings. The number of amides is 1. The maximum Gasteiger partial charge on any atom is 0.223 e. The predicted molar refractivity (Wildman–Crippen MR) is 75.3 cm³/mol. The highest BCUT2D eigenvalue weighted by molar-refractivity contribution is 5.87. The van der Waals surface area contributed by atoms with Crippen LogP contribution in [0.4, 0.5) is 0 Å². The Hall–Kier alpha value is -1.83. The van der Waals surface area contributed by atoms with Crippen LogP contribution in [-0.4, -0.2) is 5.91 Å². The topological polar surface area (TPSA) is 29.1 Å². The van der Waals surface area contributed by atoms with E-state index >= 15 is 0 Å². The van der Waals surface area contributed by atoms with Crippen LogP contribution in [0.2, 0.25) is 0 Å². The number of rotatable bonds is 3. The lowest BCUT2D eigenvalue weighted by molar-refractivity contribution is -0.124. The van der Waals surface area contributed by atoms with Crippen molar-refractivity contribution in [3.05, 3.63) is 48.0 Å². The summed E-state index contributed by atoms with van der Waals surface area (Å²) in [6.07, 6.45) is 0. The van der Waals surface area contributed by atoms with E-state index in [0.717, 1.165) is 0 Å². The van der Waals surface area contributed by atoms with E-state index in [-0.39, 0.29) is 17.9 Å². The molecular formula is C16H19NO. The largest absolute Gasteiger partial charge is 0.349 e. The summed E-state index contributed by atoms with van der Waals surface area (Å²) >= 11 is 0. The molecule has 0 spiro atoms. The second kappa shape index (κ2) is 5.21. The third kappa shape index (κ3) is 2.53. The first kappa shape index (κ1) is 12.6. The molecule has 0 aliphatic heterocycles. The molecule has 0 radical (unpaired) electrons. The number of hydrogen-bond acceptors (Lipinski definition) is 1. The van der Waals surface area contributed by atoms with Crippen LogP contribution in [0, 0.1) is 5.92 Å². The second-order valence-electron chi connectivity index (χ2n) is 4.95. The Morgan fingerprint density at radius 2 is 1.67 bits per heavy atom. The van der Waals surface area contributed by atoms with E-state index in [4.69, 9.17) is 0 Å². The molecule has 1 N–H and O–H groups in total. The Bertz CT molecular complexity index is 555. The molecule has 2 rings (SSSR count). The fourth-order valence-corrected chi connectivity index (χ4v) is 2.09. The van der Waals surface area contributed by atoms with Crippen molar-refractivity contribution in [1.29, 1.82) is 0 Å². The van der Waals surface area contributed by atoms with E-state index in [2.05, 4.69) is 29.6 Å². The van der Waals surface area contributed by atoms with E-state index in [0.29, 0.717) is 0 Å². The maximum atomic E-state index is 11.8. The zero-order valence-corrected chi connectivity index (χ0v) is 11.1. The summed E-state index contributed by atoms with van der Waals surface area (Å²) in [4.78, 5) is 11.8. The highest BCUT2D eigenvalue weighted by atomic mass is 16.1. The number of benzene rings is 2. The van der Waals surface area contributed by atoms with E-state index in [9.17, 15) is 4.79 Å².